The number of rotatable bonds is 2. The molecule has 2 amide bonds. The molecule has 6 nitrogen and oxygen atoms in total. The number of carbonyl (C=O) groups is 2. The normalized spacial score (nSPS) is 23.9. The molecule has 0 radical (unpaired) electrons. The highest BCUT2D eigenvalue weighted by atomic mass is 32.1. The molecule has 1 aromatic carbocycles. The fraction of sp³-hybridized carbons (Fsp3) is 0.412. The predicted molar refractivity (Wildman–Crippen MR) is 90.9 cm³/mol. The molecule has 2 aromatic rings. The SMILES string of the molecule is O=C(c1csnn1)N1CCCC2(CCN(c3ccccc3)C2=O)C1. The molecule has 1 spiro atoms. The molecule has 24 heavy (non-hydrogen) atoms. The van der Waals surface area contributed by atoms with Crippen LogP contribution in [0.1, 0.15) is 29.8 Å². The van der Waals surface area contributed by atoms with Gasteiger partial charge in [-0.2, -0.15) is 0 Å². The van der Waals surface area contributed by atoms with Crippen LogP contribution in [0.5, 0.6) is 0 Å². The molecule has 4 rings (SSSR count). The lowest BCUT2D eigenvalue weighted by Gasteiger charge is -2.38. The van der Waals surface area contributed by atoms with Crippen LogP contribution in [0.15, 0.2) is 35.7 Å². The molecule has 1 atom stereocenters. The molecule has 124 valence electrons. The van der Waals surface area contributed by atoms with Crippen molar-refractivity contribution in [3.8, 4) is 0 Å². The van der Waals surface area contributed by atoms with Gasteiger partial charge in [-0.25, -0.2) is 0 Å². The lowest BCUT2D eigenvalue weighted by atomic mass is 9.78. The molecule has 2 aliphatic rings. The summed E-state index contributed by atoms with van der Waals surface area (Å²) in [5, 5.41) is 5.53. The summed E-state index contributed by atoms with van der Waals surface area (Å²) in [7, 11) is 0. The molecule has 0 bridgehead atoms. The molecule has 2 aliphatic heterocycles. The number of likely N-dealkylation sites (tertiary alicyclic amines) is 1. The Kier molecular flexibility index (Phi) is 3.80. The van der Waals surface area contributed by atoms with Crippen molar-refractivity contribution >= 4 is 29.0 Å². The van der Waals surface area contributed by atoms with Crippen molar-refractivity contribution in [1.29, 1.82) is 0 Å². The van der Waals surface area contributed by atoms with Gasteiger partial charge < -0.3 is 9.80 Å². The highest BCUT2D eigenvalue weighted by molar-refractivity contribution is 7.03. The molecule has 2 saturated heterocycles. The first-order chi connectivity index (χ1) is 11.7. The van der Waals surface area contributed by atoms with Gasteiger partial charge in [0.25, 0.3) is 5.91 Å². The number of carbonyl (C=O) groups excluding carboxylic acids is 2. The van der Waals surface area contributed by atoms with E-state index in [0.29, 0.717) is 25.3 Å². The van der Waals surface area contributed by atoms with Crippen LogP contribution in [0, 0.1) is 5.41 Å². The zero-order valence-corrected chi connectivity index (χ0v) is 14.0. The molecular weight excluding hydrogens is 324 g/mol. The molecule has 2 fully saturated rings. The highest BCUT2D eigenvalue weighted by Gasteiger charge is 2.50. The average Bonchev–Trinajstić information content (AvgIpc) is 3.26. The van der Waals surface area contributed by atoms with Gasteiger partial charge in [0.05, 0.1) is 5.41 Å². The monoisotopic (exact) mass is 342 g/mol. The van der Waals surface area contributed by atoms with E-state index < -0.39 is 5.41 Å². The molecule has 7 heteroatoms. The van der Waals surface area contributed by atoms with E-state index in [1.807, 2.05) is 35.2 Å². The summed E-state index contributed by atoms with van der Waals surface area (Å²) in [4.78, 5) is 29.3. The summed E-state index contributed by atoms with van der Waals surface area (Å²) in [6, 6.07) is 9.76. The standard InChI is InChI=1S/C17H18N4O2S/c22-15(14-11-24-19-18-14)20-9-4-7-17(12-20)8-10-21(16(17)23)13-5-2-1-3-6-13/h1-3,5-6,11H,4,7-10,12H2. The minimum absolute atomic E-state index is 0.117. The van der Waals surface area contributed by atoms with Crippen LogP contribution in [-0.2, 0) is 4.79 Å². The Morgan fingerprint density at radius 2 is 2.00 bits per heavy atom. The van der Waals surface area contributed by atoms with E-state index in [1.54, 1.807) is 10.3 Å². The first-order valence-electron chi connectivity index (χ1n) is 8.13. The molecule has 1 unspecified atom stereocenters. The average molecular weight is 342 g/mol. The molecule has 0 aliphatic carbocycles. The van der Waals surface area contributed by atoms with E-state index in [4.69, 9.17) is 0 Å². The lowest BCUT2D eigenvalue weighted by molar-refractivity contribution is -0.127. The third kappa shape index (κ3) is 2.49. The fourth-order valence-electron chi connectivity index (χ4n) is 3.78. The van der Waals surface area contributed by atoms with Gasteiger partial charge in [0, 0.05) is 30.7 Å². The lowest BCUT2D eigenvalue weighted by Crippen LogP contribution is -2.50. The van der Waals surface area contributed by atoms with Gasteiger partial charge in [-0.1, -0.05) is 22.7 Å². The van der Waals surface area contributed by atoms with Crippen molar-refractivity contribution in [2.24, 2.45) is 5.41 Å². The first-order valence-corrected chi connectivity index (χ1v) is 8.97. The largest absolute Gasteiger partial charge is 0.336 e. The van der Waals surface area contributed by atoms with Crippen LogP contribution in [0.25, 0.3) is 0 Å². The quantitative estimate of drug-likeness (QED) is 0.839. The molecular formula is C17H18N4O2S. The predicted octanol–water partition coefficient (Wildman–Crippen LogP) is 2.20. The van der Waals surface area contributed by atoms with E-state index in [-0.39, 0.29) is 11.8 Å². The van der Waals surface area contributed by atoms with Gasteiger partial charge in [0.2, 0.25) is 5.91 Å². The van der Waals surface area contributed by atoms with Crippen LogP contribution in [0.4, 0.5) is 5.69 Å². The second-order valence-corrected chi connectivity index (χ2v) is 7.05. The number of nitrogens with zero attached hydrogens (tertiary/aromatic N) is 4. The third-order valence-corrected chi connectivity index (χ3v) is 5.53. The van der Waals surface area contributed by atoms with Crippen molar-refractivity contribution in [1.82, 2.24) is 14.5 Å². The summed E-state index contributed by atoms with van der Waals surface area (Å²) in [6.07, 6.45) is 2.48. The number of hydrogen-bond donors (Lipinski definition) is 0. The maximum absolute atomic E-state index is 13.1. The van der Waals surface area contributed by atoms with Crippen molar-refractivity contribution in [2.45, 2.75) is 19.3 Å². The highest BCUT2D eigenvalue weighted by Crippen LogP contribution is 2.42. The van der Waals surface area contributed by atoms with Crippen molar-refractivity contribution in [3.63, 3.8) is 0 Å². The summed E-state index contributed by atoms with van der Waals surface area (Å²) < 4.78 is 3.76. The van der Waals surface area contributed by atoms with Crippen LogP contribution < -0.4 is 4.90 Å². The van der Waals surface area contributed by atoms with Gasteiger partial charge in [-0.15, -0.1) is 5.10 Å². The first kappa shape index (κ1) is 15.3. The summed E-state index contributed by atoms with van der Waals surface area (Å²) in [5.74, 6) is 0.0244. The van der Waals surface area contributed by atoms with Crippen LogP contribution in [0.2, 0.25) is 0 Å². The van der Waals surface area contributed by atoms with E-state index in [0.717, 1.165) is 24.9 Å². The zero-order valence-electron chi connectivity index (χ0n) is 13.2. The number of anilines is 1. The molecule has 3 heterocycles. The molecule has 0 saturated carbocycles. The molecule has 0 N–H and O–H groups in total. The second kappa shape index (κ2) is 5.98. The maximum Gasteiger partial charge on any atom is 0.275 e. The van der Waals surface area contributed by atoms with Gasteiger partial charge >= 0.3 is 0 Å². The number of para-hydroxylation sites is 1. The second-order valence-electron chi connectivity index (χ2n) is 6.44. The maximum atomic E-state index is 13.1. The smallest absolute Gasteiger partial charge is 0.275 e. The van der Waals surface area contributed by atoms with Gasteiger partial charge in [-0.3, -0.25) is 9.59 Å². The van der Waals surface area contributed by atoms with E-state index in [9.17, 15) is 9.59 Å². The van der Waals surface area contributed by atoms with E-state index in [1.165, 1.54) is 11.5 Å². The number of amides is 2. The Morgan fingerprint density at radius 3 is 2.75 bits per heavy atom. The summed E-state index contributed by atoms with van der Waals surface area (Å²) >= 11 is 1.17. The van der Waals surface area contributed by atoms with E-state index in [2.05, 4.69) is 9.59 Å². The van der Waals surface area contributed by atoms with Crippen molar-refractivity contribution < 1.29 is 9.59 Å². The number of benzene rings is 1. The minimum atomic E-state index is -0.451. The Labute approximate surface area is 144 Å². The van der Waals surface area contributed by atoms with Gasteiger partial charge in [0.1, 0.15) is 0 Å². The Morgan fingerprint density at radius 1 is 1.17 bits per heavy atom. The zero-order chi connectivity index (χ0) is 16.6. The Balaban J connectivity index is 1.55. The topological polar surface area (TPSA) is 66.4 Å². The van der Waals surface area contributed by atoms with Gasteiger partial charge in [0.15, 0.2) is 5.69 Å². The summed E-state index contributed by atoms with van der Waals surface area (Å²) in [5.41, 5.74) is 0.863. The number of hydrogen-bond acceptors (Lipinski definition) is 5. The number of piperidine rings is 1. The van der Waals surface area contributed by atoms with E-state index >= 15 is 0 Å². The van der Waals surface area contributed by atoms with Crippen LogP contribution in [-0.4, -0.2) is 45.9 Å². The minimum Gasteiger partial charge on any atom is -0.336 e. The summed E-state index contributed by atoms with van der Waals surface area (Å²) in [6.45, 7) is 1.87. The molecule has 1 aromatic heterocycles. The Hall–Kier alpha value is -2.28. The Bertz CT molecular complexity index is 749. The fourth-order valence-corrected chi connectivity index (χ4v) is 4.21. The van der Waals surface area contributed by atoms with Gasteiger partial charge in [-0.05, 0) is 42.9 Å². The third-order valence-electron chi connectivity index (χ3n) is 5.02. The van der Waals surface area contributed by atoms with Crippen molar-refractivity contribution in [2.75, 3.05) is 24.5 Å². The number of aromatic nitrogens is 2. The van der Waals surface area contributed by atoms with Crippen LogP contribution in [0.3, 0.4) is 0 Å². The van der Waals surface area contributed by atoms with Crippen molar-refractivity contribution in [3.05, 3.63) is 41.4 Å². The van der Waals surface area contributed by atoms with Crippen LogP contribution >= 0.6 is 11.5 Å².